The van der Waals surface area contributed by atoms with Gasteiger partial charge in [0.05, 0.1) is 34.5 Å². The molecular weight excluding hydrogens is 837 g/mol. The Hall–Kier alpha value is -4.97. The quantitative estimate of drug-likeness (QED) is 0.0755. The van der Waals surface area contributed by atoms with Crippen LogP contribution in [0.1, 0.15) is 62.4 Å². The van der Waals surface area contributed by atoms with Gasteiger partial charge in [-0.2, -0.15) is 36.7 Å². The summed E-state index contributed by atoms with van der Waals surface area (Å²) in [4.78, 5) is 38.9. The molecule has 11 nitrogen and oxygen atoms in total. The predicted molar refractivity (Wildman–Crippen MR) is 177 cm³/mol. The first kappa shape index (κ1) is 44.7. The van der Waals surface area contributed by atoms with Crippen molar-refractivity contribution in [3.8, 4) is 28.6 Å². The Morgan fingerprint density at radius 3 is 2.09 bits per heavy atom. The Morgan fingerprint density at radius 2 is 1.54 bits per heavy atom. The van der Waals surface area contributed by atoms with Crippen LogP contribution in [-0.2, 0) is 24.7 Å². The number of ether oxygens (including phenoxy) is 4. The standard InChI is InChI=1S/C34H28Cl2F10N4O7/c1-29(2,3)57-25(51)5-4-10-54-28(53)55-17-49(30(16-47)8-9-30)27(52)21-11-18(6-7-22(21)35)19-14-48-50(15-19)26-23(36)12-20(13-24(26)56-34(44,45)46)31(37,32(38,39)40)33(41,42)43/h6-7,11-15H,4-5,8-10,17H2,1-3H3. The minimum absolute atomic E-state index is 0.0454. The minimum Gasteiger partial charge on any atom is -0.460 e. The number of nitrogens with zero attached hydrogens (tertiary/aromatic N) is 4. The van der Waals surface area contributed by atoms with Crippen molar-refractivity contribution >= 4 is 41.2 Å². The van der Waals surface area contributed by atoms with Crippen molar-refractivity contribution in [3.05, 3.63) is 63.9 Å². The number of alkyl halides is 10. The monoisotopic (exact) mass is 864 g/mol. The summed E-state index contributed by atoms with van der Waals surface area (Å²) in [5.74, 6) is -3.26. The maximum absolute atomic E-state index is 14.8. The zero-order valence-electron chi connectivity index (χ0n) is 29.5. The van der Waals surface area contributed by atoms with Crippen molar-refractivity contribution in [3.63, 3.8) is 0 Å². The predicted octanol–water partition coefficient (Wildman–Crippen LogP) is 9.77. The molecule has 310 valence electrons. The molecular formula is C34H28Cl2F10N4O7. The van der Waals surface area contributed by atoms with Gasteiger partial charge >= 0.3 is 36.5 Å². The molecule has 1 amide bonds. The Kier molecular flexibility index (Phi) is 12.6. The minimum atomic E-state index is -6.70. The number of nitriles is 1. The van der Waals surface area contributed by atoms with E-state index >= 15 is 0 Å². The van der Waals surface area contributed by atoms with Gasteiger partial charge in [0.2, 0.25) is 0 Å². The Bertz CT molecular complexity index is 2040. The van der Waals surface area contributed by atoms with Gasteiger partial charge in [-0.25, -0.2) is 13.9 Å². The lowest BCUT2D eigenvalue weighted by Crippen LogP contribution is -2.50. The van der Waals surface area contributed by atoms with E-state index in [2.05, 4.69) is 9.84 Å². The molecule has 0 atom stereocenters. The molecule has 1 saturated carbocycles. The number of hydrogen-bond acceptors (Lipinski definition) is 9. The molecule has 0 spiro atoms. The average molecular weight is 866 g/mol. The molecule has 1 aliphatic rings. The fourth-order valence-corrected chi connectivity index (χ4v) is 5.65. The second kappa shape index (κ2) is 16.1. The Labute approximate surface area is 325 Å². The number of carbonyl (C=O) groups is 3. The summed E-state index contributed by atoms with van der Waals surface area (Å²) in [6.07, 6.45) is -18.2. The van der Waals surface area contributed by atoms with Crippen LogP contribution in [0.15, 0.2) is 42.7 Å². The highest BCUT2D eigenvalue weighted by atomic mass is 35.5. The van der Waals surface area contributed by atoms with E-state index in [-0.39, 0.29) is 60.1 Å². The van der Waals surface area contributed by atoms with Gasteiger partial charge < -0.3 is 18.9 Å². The van der Waals surface area contributed by atoms with E-state index in [0.717, 1.165) is 23.4 Å². The number of carbonyl (C=O) groups excluding carboxylic acids is 3. The molecule has 1 aliphatic carbocycles. The van der Waals surface area contributed by atoms with Crippen molar-refractivity contribution < 1.29 is 77.2 Å². The number of benzene rings is 2. The lowest BCUT2D eigenvalue weighted by Gasteiger charge is -2.31. The SMILES string of the molecule is CC(C)(C)OC(=O)CCCOC(=O)OCN(C(=O)c1cc(-c2cnn(-c3c(Cl)cc(C(F)(C(F)(F)F)C(F)(F)F)cc3OC(F)(F)F)c2)ccc1Cl)C1(C#N)CC1. The third kappa shape index (κ3) is 10.3. The maximum atomic E-state index is 14.8. The highest BCUT2D eigenvalue weighted by molar-refractivity contribution is 6.34. The van der Waals surface area contributed by atoms with Gasteiger partial charge in [0.25, 0.3) is 5.91 Å². The van der Waals surface area contributed by atoms with Crippen LogP contribution >= 0.6 is 23.2 Å². The van der Waals surface area contributed by atoms with E-state index in [0.29, 0.717) is 4.68 Å². The summed E-state index contributed by atoms with van der Waals surface area (Å²) in [6.45, 7) is 3.96. The number of rotatable bonds is 12. The van der Waals surface area contributed by atoms with Gasteiger partial charge in [-0.3, -0.25) is 14.5 Å². The number of halogens is 12. The van der Waals surface area contributed by atoms with E-state index in [1.807, 2.05) is 6.07 Å². The molecule has 2 aromatic carbocycles. The molecule has 4 rings (SSSR count). The molecule has 0 radical (unpaired) electrons. The van der Waals surface area contributed by atoms with E-state index in [1.165, 1.54) is 12.1 Å². The number of amides is 1. The summed E-state index contributed by atoms with van der Waals surface area (Å²) < 4.78 is 155. The zero-order valence-corrected chi connectivity index (χ0v) is 31.0. The second-order valence-electron chi connectivity index (χ2n) is 13.3. The van der Waals surface area contributed by atoms with Crippen molar-refractivity contribution in [2.24, 2.45) is 0 Å². The van der Waals surface area contributed by atoms with Crippen molar-refractivity contribution in [2.45, 2.75) is 82.0 Å². The Morgan fingerprint density at radius 1 is 0.912 bits per heavy atom. The van der Waals surface area contributed by atoms with Crippen LogP contribution in [-0.4, -0.2) is 75.9 Å². The molecule has 1 aromatic heterocycles. The smallest absolute Gasteiger partial charge is 0.460 e. The summed E-state index contributed by atoms with van der Waals surface area (Å²) in [5.41, 5.74) is -12.0. The van der Waals surface area contributed by atoms with Crippen LogP contribution in [0.25, 0.3) is 16.8 Å². The van der Waals surface area contributed by atoms with Crippen molar-refractivity contribution in [2.75, 3.05) is 13.3 Å². The van der Waals surface area contributed by atoms with E-state index < -0.39 is 88.4 Å². The lowest BCUT2D eigenvalue weighted by atomic mass is 9.93. The van der Waals surface area contributed by atoms with Crippen LogP contribution < -0.4 is 4.74 Å². The zero-order chi connectivity index (χ0) is 42.9. The fourth-order valence-electron chi connectivity index (χ4n) is 5.15. The highest BCUT2D eigenvalue weighted by Crippen LogP contribution is 2.55. The molecule has 23 heteroatoms. The maximum Gasteiger partial charge on any atom is 0.573 e. The highest BCUT2D eigenvalue weighted by Gasteiger charge is 2.73. The van der Waals surface area contributed by atoms with Gasteiger partial charge in [0.1, 0.15) is 16.8 Å². The van der Waals surface area contributed by atoms with Gasteiger partial charge in [0.15, 0.2) is 12.5 Å². The Balaban J connectivity index is 1.62. The van der Waals surface area contributed by atoms with Crippen LogP contribution in [0, 0.1) is 11.3 Å². The molecule has 0 bridgehead atoms. The van der Waals surface area contributed by atoms with Crippen LogP contribution in [0.3, 0.4) is 0 Å². The summed E-state index contributed by atoms with van der Waals surface area (Å²) in [7, 11) is 0. The molecule has 0 saturated heterocycles. The normalized spacial score (nSPS) is 14.4. The number of esters is 1. The summed E-state index contributed by atoms with van der Waals surface area (Å²) in [6, 6.07) is 4.95. The van der Waals surface area contributed by atoms with Gasteiger partial charge in [-0.1, -0.05) is 29.3 Å². The topological polar surface area (TPSA) is 133 Å². The third-order valence-electron chi connectivity index (χ3n) is 7.95. The van der Waals surface area contributed by atoms with Crippen molar-refractivity contribution in [1.29, 1.82) is 5.26 Å². The number of aromatic nitrogens is 2. The van der Waals surface area contributed by atoms with Crippen LogP contribution in [0.2, 0.25) is 10.0 Å². The van der Waals surface area contributed by atoms with Crippen LogP contribution in [0.5, 0.6) is 5.75 Å². The van der Waals surface area contributed by atoms with E-state index in [1.54, 1.807) is 20.8 Å². The fraction of sp³-hybridized carbons (Fsp3) is 0.441. The summed E-state index contributed by atoms with van der Waals surface area (Å²) in [5, 5.41) is 12.2. The number of hydrogen-bond donors (Lipinski definition) is 0. The molecule has 1 fully saturated rings. The molecule has 1 heterocycles. The van der Waals surface area contributed by atoms with Gasteiger partial charge in [0, 0.05) is 23.7 Å². The molecule has 0 aliphatic heterocycles. The van der Waals surface area contributed by atoms with Gasteiger partial charge in [-0.15, -0.1) is 13.2 Å². The molecule has 3 aromatic rings. The summed E-state index contributed by atoms with van der Waals surface area (Å²) >= 11 is 12.2. The molecule has 57 heavy (non-hydrogen) atoms. The van der Waals surface area contributed by atoms with Crippen molar-refractivity contribution in [1.82, 2.24) is 14.7 Å². The van der Waals surface area contributed by atoms with Gasteiger partial charge in [-0.05, 0) is 69.9 Å². The average Bonchev–Trinajstić information content (AvgIpc) is 3.71. The van der Waals surface area contributed by atoms with Crippen LogP contribution in [0.4, 0.5) is 48.7 Å². The second-order valence-corrected chi connectivity index (χ2v) is 14.1. The largest absolute Gasteiger partial charge is 0.573 e. The first-order valence-electron chi connectivity index (χ1n) is 16.1. The third-order valence-corrected chi connectivity index (χ3v) is 8.56. The molecule has 0 unspecified atom stereocenters. The lowest BCUT2D eigenvalue weighted by molar-refractivity contribution is -0.348. The van der Waals surface area contributed by atoms with E-state index in [4.69, 9.17) is 37.4 Å². The molecule has 0 N–H and O–H groups in total. The first-order valence-corrected chi connectivity index (χ1v) is 16.9. The van der Waals surface area contributed by atoms with E-state index in [9.17, 15) is 63.5 Å². The first-order chi connectivity index (χ1) is 26.1.